The third-order valence-corrected chi connectivity index (χ3v) is 9.05. The molecule has 0 aliphatic carbocycles. The fourth-order valence-corrected chi connectivity index (χ4v) is 5.97. The predicted molar refractivity (Wildman–Crippen MR) is 197 cm³/mol. The van der Waals surface area contributed by atoms with E-state index in [1.54, 1.807) is 6.20 Å². The number of ether oxygens (including phenoxy) is 1. The van der Waals surface area contributed by atoms with E-state index < -0.39 is 54.1 Å². The number of carbonyl (C=O) groups is 4. The van der Waals surface area contributed by atoms with Crippen molar-refractivity contribution in [3.05, 3.63) is 71.9 Å². The van der Waals surface area contributed by atoms with Gasteiger partial charge in [-0.05, 0) is 47.8 Å². The van der Waals surface area contributed by atoms with Crippen LogP contribution in [0, 0.1) is 17.8 Å². The van der Waals surface area contributed by atoms with Gasteiger partial charge in [0.25, 0.3) is 0 Å². The van der Waals surface area contributed by atoms with Gasteiger partial charge in [-0.2, -0.15) is 0 Å². The van der Waals surface area contributed by atoms with Crippen LogP contribution < -0.4 is 21.3 Å². The minimum Gasteiger partial charge on any atom is -0.445 e. The molecular formula is C39H57N5O7. The van der Waals surface area contributed by atoms with E-state index in [9.17, 15) is 29.4 Å². The van der Waals surface area contributed by atoms with Gasteiger partial charge >= 0.3 is 6.09 Å². The number of hydrogen-bond donors (Lipinski definition) is 7. The lowest BCUT2D eigenvalue weighted by Gasteiger charge is -2.30. The number of aliphatic hydroxyl groups is 2. The van der Waals surface area contributed by atoms with Crippen LogP contribution in [0.1, 0.15) is 78.4 Å². The van der Waals surface area contributed by atoms with E-state index in [2.05, 4.69) is 26.3 Å². The Hall–Kier alpha value is -4.42. The first kappa shape index (κ1) is 41.0. The van der Waals surface area contributed by atoms with Crippen molar-refractivity contribution in [2.24, 2.45) is 17.8 Å². The second kappa shape index (κ2) is 20.4. The summed E-state index contributed by atoms with van der Waals surface area (Å²) in [5.41, 5.74) is 2.47. The highest BCUT2D eigenvalue weighted by Crippen LogP contribution is 2.20. The molecule has 4 amide bonds. The third kappa shape index (κ3) is 13.3. The Kier molecular flexibility index (Phi) is 16.4. The van der Waals surface area contributed by atoms with Gasteiger partial charge in [0.05, 0.1) is 31.2 Å². The summed E-state index contributed by atoms with van der Waals surface area (Å²) in [5, 5.41) is 33.1. The summed E-state index contributed by atoms with van der Waals surface area (Å²) in [6, 6.07) is 13.5. The average molecular weight is 708 g/mol. The van der Waals surface area contributed by atoms with Gasteiger partial charge in [-0.1, -0.05) is 96.5 Å². The number of alkyl carbamates (subject to hydrolysis) is 1. The minimum absolute atomic E-state index is 0.00661. The lowest BCUT2D eigenvalue weighted by atomic mass is 9.95. The number of fused-ring (bicyclic) bond motifs is 1. The Morgan fingerprint density at radius 2 is 1.43 bits per heavy atom. The number of H-pyrrole nitrogens is 1. The van der Waals surface area contributed by atoms with Gasteiger partial charge in [-0.3, -0.25) is 14.4 Å². The molecule has 0 saturated carbocycles. The molecule has 12 nitrogen and oxygen atoms in total. The average Bonchev–Trinajstić information content (AvgIpc) is 3.51. The number of hydrogen-bond acceptors (Lipinski definition) is 7. The molecule has 0 aliphatic heterocycles. The van der Waals surface area contributed by atoms with Crippen LogP contribution in [0.3, 0.4) is 0 Å². The molecule has 0 fully saturated rings. The number of benzene rings is 2. The van der Waals surface area contributed by atoms with Gasteiger partial charge < -0.3 is 41.2 Å². The highest BCUT2D eigenvalue weighted by molar-refractivity contribution is 5.92. The number of rotatable bonds is 20. The molecule has 2 aromatic carbocycles. The number of aromatic nitrogens is 1. The van der Waals surface area contributed by atoms with E-state index in [1.807, 2.05) is 96.1 Å². The van der Waals surface area contributed by atoms with Gasteiger partial charge in [0.1, 0.15) is 18.7 Å². The van der Waals surface area contributed by atoms with E-state index in [4.69, 9.17) is 4.74 Å². The Bertz CT molecular complexity index is 1540. The smallest absolute Gasteiger partial charge is 0.408 e. The van der Waals surface area contributed by atoms with Crippen LogP contribution in [0.25, 0.3) is 10.9 Å². The standard InChI is InChI=1S/C39H57N5O7/c1-7-26(6)34(22-45)41-36(47)20-35(46)31(17-24(2)3)42-37(48)32(18-25(4)5)43-38(49)33(19-28-21-40-30-16-12-11-15-29(28)30)44-39(50)51-23-27-13-9-8-10-14-27/h8-16,21,24-26,31-35,40,45-46H,7,17-20,22-23H2,1-6H3,(H,41,47)(H,42,48)(H,43,49)(H,44,50)/t26-,31-,32-,33-,34+,35-/m0/s1. The summed E-state index contributed by atoms with van der Waals surface area (Å²) in [7, 11) is 0. The Morgan fingerprint density at radius 3 is 2.08 bits per heavy atom. The van der Waals surface area contributed by atoms with Gasteiger partial charge in [0, 0.05) is 23.5 Å². The van der Waals surface area contributed by atoms with Gasteiger partial charge in [-0.15, -0.1) is 0 Å². The number of nitrogens with one attached hydrogen (secondary N) is 5. The lowest BCUT2D eigenvalue weighted by molar-refractivity contribution is -0.132. The van der Waals surface area contributed by atoms with Crippen molar-refractivity contribution in [2.75, 3.05) is 6.61 Å². The monoisotopic (exact) mass is 707 g/mol. The van der Waals surface area contributed by atoms with Crippen LogP contribution in [0.5, 0.6) is 0 Å². The summed E-state index contributed by atoms with van der Waals surface area (Å²) in [4.78, 5) is 56.9. The molecule has 0 unspecified atom stereocenters. The zero-order valence-corrected chi connectivity index (χ0v) is 30.8. The zero-order chi connectivity index (χ0) is 37.5. The number of aliphatic hydroxyl groups excluding tert-OH is 2. The number of aromatic amines is 1. The highest BCUT2D eigenvalue weighted by atomic mass is 16.5. The molecule has 0 spiro atoms. The molecular weight excluding hydrogens is 650 g/mol. The maximum Gasteiger partial charge on any atom is 0.408 e. The van der Waals surface area contributed by atoms with Crippen molar-refractivity contribution >= 4 is 34.7 Å². The molecule has 12 heteroatoms. The molecule has 51 heavy (non-hydrogen) atoms. The Morgan fingerprint density at radius 1 is 0.784 bits per heavy atom. The largest absolute Gasteiger partial charge is 0.445 e. The molecule has 280 valence electrons. The molecule has 3 aromatic rings. The molecule has 1 heterocycles. The predicted octanol–water partition coefficient (Wildman–Crippen LogP) is 4.34. The normalized spacial score (nSPS) is 15.0. The van der Waals surface area contributed by atoms with Crippen LogP contribution in [-0.2, 0) is 32.1 Å². The molecule has 0 radical (unpaired) electrons. The molecule has 3 rings (SSSR count). The van der Waals surface area contributed by atoms with Crippen molar-refractivity contribution in [2.45, 2.75) is 111 Å². The van der Waals surface area contributed by atoms with E-state index in [0.717, 1.165) is 28.5 Å². The van der Waals surface area contributed by atoms with Crippen molar-refractivity contribution in [1.82, 2.24) is 26.3 Å². The van der Waals surface area contributed by atoms with E-state index in [1.165, 1.54) is 0 Å². The van der Waals surface area contributed by atoms with Crippen LogP contribution >= 0.6 is 0 Å². The Balaban J connectivity index is 1.78. The molecule has 0 aliphatic rings. The molecule has 0 bridgehead atoms. The van der Waals surface area contributed by atoms with Crippen molar-refractivity contribution in [1.29, 1.82) is 0 Å². The quantitative estimate of drug-likeness (QED) is 0.0912. The topological polar surface area (TPSA) is 182 Å². The summed E-state index contributed by atoms with van der Waals surface area (Å²) in [6.45, 7) is 11.4. The number of para-hydroxylation sites is 1. The number of amides is 4. The fourth-order valence-electron chi connectivity index (χ4n) is 5.97. The van der Waals surface area contributed by atoms with Gasteiger partial charge in [-0.25, -0.2) is 4.79 Å². The maximum absolute atomic E-state index is 14.0. The van der Waals surface area contributed by atoms with Crippen molar-refractivity contribution in [3.8, 4) is 0 Å². The SMILES string of the molecule is CC[C@H](C)[C@@H](CO)NC(=O)C[C@H](O)[C@H](CC(C)C)NC(=O)[C@H](CC(C)C)NC(=O)[C@H](Cc1c[nH]c2ccccc12)NC(=O)OCc1ccccc1. The van der Waals surface area contributed by atoms with Gasteiger partial charge in [0.2, 0.25) is 17.7 Å². The summed E-state index contributed by atoms with van der Waals surface area (Å²) in [5.74, 6) is -1.38. The van der Waals surface area contributed by atoms with E-state index in [0.29, 0.717) is 6.42 Å². The van der Waals surface area contributed by atoms with Crippen molar-refractivity contribution in [3.63, 3.8) is 0 Å². The van der Waals surface area contributed by atoms with Crippen LogP contribution in [0.15, 0.2) is 60.8 Å². The first-order valence-corrected chi connectivity index (χ1v) is 18.0. The van der Waals surface area contributed by atoms with E-state index >= 15 is 0 Å². The fraction of sp³-hybridized carbons (Fsp3) is 0.538. The van der Waals surface area contributed by atoms with Crippen molar-refractivity contribution < 1.29 is 34.1 Å². The maximum atomic E-state index is 14.0. The molecule has 1 aromatic heterocycles. The summed E-state index contributed by atoms with van der Waals surface area (Å²) < 4.78 is 5.44. The first-order valence-electron chi connectivity index (χ1n) is 18.0. The van der Waals surface area contributed by atoms with Crippen LogP contribution in [-0.4, -0.2) is 75.9 Å². The Labute approximate surface area is 301 Å². The van der Waals surface area contributed by atoms with Crippen LogP contribution in [0.4, 0.5) is 4.79 Å². The molecule has 6 atom stereocenters. The van der Waals surface area contributed by atoms with Gasteiger partial charge in [0.15, 0.2) is 0 Å². The first-order chi connectivity index (χ1) is 24.3. The summed E-state index contributed by atoms with van der Waals surface area (Å²) >= 11 is 0. The second-order valence-corrected chi connectivity index (χ2v) is 14.3. The molecule has 7 N–H and O–H groups in total. The minimum atomic E-state index is -1.21. The second-order valence-electron chi connectivity index (χ2n) is 14.3. The van der Waals surface area contributed by atoms with Crippen LogP contribution in [0.2, 0.25) is 0 Å². The summed E-state index contributed by atoms with van der Waals surface area (Å²) in [6.07, 6.45) is 1.09. The zero-order valence-electron chi connectivity index (χ0n) is 30.8. The third-order valence-electron chi connectivity index (χ3n) is 9.05. The highest BCUT2D eigenvalue weighted by Gasteiger charge is 2.32. The van der Waals surface area contributed by atoms with E-state index in [-0.39, 0.29) is 50.2 Å². The number of carbonyl (C=O) groups excluding carboxylic acids is 4. The lowest BCUT2D eigenvalue weighted by Crippen LogP contribution is -2.57. The molecule has 0 saturated heterocycles.